The Morgan fingerprint density at radius 3 is 0.607 bits per heavy atom. The van der Waals surface area contributed by atoms with Crippen LogP contribution in [0.15, 0.2) is 133 Å². The van der Waals surface area contributed by atoms with Crippen molar-refractivity contribution in [3.05, 3.63) is 302 Å². The average Bonchev–Trinajstić information content (AvgIpc) is 1.11. The third kappa shape index (κ3) is 48.9. The number of alkyl halides is 15. The van der Waals surface area contributed by atoms with Crippen LogP contribution in [0.1, 0.15) is 299 Å². The molecule has 3 saturated heterocycles. The van der Waals surface area contributed by atoms with Crippen molar-refractivity contribution in [3.63, 3.8) is 0 Å². The van der Waals surface area contributed by atoms with Crippen molar-refractivity contribution in [1.29, 1.82) is 0 Å². The van der Waals surface area contributed by atoms with E-state index in [1.54, 1.807) is 135 Å². The molecule has 8 aromatic rings. The lowest BCUT2D eigenvalue weighted by Gasteiger charge is -2.21. The molecule has 762 valence electrons. The highest BCUT2D eigenvalue weighted by Crippen LogP contribution is 2.41. The quantitative estimate of drug-likeness (QED) is 0.0470. The Bertz CT molecular complexity index is 4320. The fourth-order valence-corrected chi connectivity index (χ4v) is 12.5. The maximum atomic E-state index is 13.5. The van der Waals surface area contributed by atoms with Crippen LogP contribution in [0.5, 0.6) is 0 Å². The lowest BCUT2D eigenvalue weighted by Crippen LogP contribution is -2.17. The first kappa shape index (κ1) is 127. The summed E-state index contributed by atoms with van der Waals surface area (Å²) in [6.07, 6.45) is -13.8. The summed E-state index contributed by atoms with van der Waals surface area (Å²) < 4.78 is 312. The van der Waals surface area contributed by atoms with Gasteiger partial charge in [0.2, 0.25) is 0 Å². The second kappa shape index (κ2) is 52.3. The van der Waals surface area contributed by atoms with E-state index in [9.17, 15) is 105 Å². The molecular weight excluding hydrogens is 1800 g/mol. The predicted octanol–water partition coefficient (Wildman–Crippen LogP) is 36.2. The molecule has 11 rings (SSSR count). The third-order valence-corrected chi connectivity index (χ3v) is 19.9. The first-order valence-electron chi connectivity index (χ1n) is 44.3. The second-order valence-electron chi connectivity index (χ2n) is 42.5. The Hall–Kier alpha value is -7.98. The van der Waals surface area contributed by atoms with Crippen LogP contribution in [0.4, 0.5) is 105 Å². The highest BCUT2D eigenvalue weighted by molar-refractivity contribution is 6.54. The fourth-order valence-electron chi connectivity index (χ4n) is 12.5. The zero-order valence-electron chi connectivity index (χ0n) is 84.7. The van der Waals surface area contributed by atoms with E-state index in [1.807, 2.05) is 83.1 Å². The van der Waals surface area contributed by atoms with E-state index in [1.165, 1.54) is 117 Å². The number of hydrogen-bond donors (Lipinski definition) is 0. The summed E-state index contributed by atoms with van der Waals surface area (Å²) in [6, 6.07) is 27.6. The maximum Gasteiger partial charge on any atom is 0.419 e. The minimum atomic E-state index is -4.63. The second-order valence-corrected chi connectivity index (χ2v) is 42.5. The predicted molar refractivity (Wildman–Crippen MR) is 504 cm³/mol. The van der Waals surface area contributed by atoms with Crippen molar-refractivity contribution < 1.29 is 118 Å². The molecule has 0 spiro atoms. The Morgan fingerprint density at radius 2 is 0.430 bits per heavy atom. The smallest absolute Gasteiger partial charge is 0.419 e. The zero-order chi connectivity index (χ0) is 106. The van der Waals surface area contributed by atoms with Gasteiger partial charge in [0.1, 0.15) is 81.3 Å². The molecule has 135 heavy (non-hydrogen) atoms. The Morgan fingerprint density at radius 1 is 0.230 bits per heavy atom. The molecule has 3 aliphatic heterocycles. The molecule has 0 amide bonds. The molecule has 0 aromatic heterocycles. The summed E-state index contributed by atoms with van der Waals surface area (Å²) in [7, 11) is 11.1. The Balaban J connectivity index is 0.00000147. The van der Waals surface area contributed by atoms with Gasteiger partial charge in [-0.1, -0.05) is 273 Å². The molecule has 0 bridgehead atoms. The van der Waals surface area contributed by atoms with Gasteiger partial charge in [-0.25, -0.2) is 39.5 Å². The first-order chi connectivity index (χ1) is 60.5. The van der Waals surface area contributed by atoms with E-state index in [2.05, 4.69) is 54.9 Å². The van der Waals surface area contributed by atoms with Gasteiger partial charge < -0.3 is 13.1 Å². The molecule has 0 unspecified atom stereocenters. The van der Waals surface area contributed by atoms with E-state index < -0.39 is 127 Å². The summed E-state index contributed by atoms with van der Waals surface area (Å²) in [4.78, 5) is 0. The molecule has 3 aliphatic rings. The van der Waals surface area contributed by atoms with Gasteiger partial charge >= 0.3 is 30.9 Å². The van der Waals surface area contributed by atoms with E-state index in [4.69, 9.17) is 0 Å². The number of benzene rings is 8. The molecule has 0 radical (unpaired) electrons. The van der Waals surface area contributed by atoms with Gasteiger partial charge in [-0.15, -0.1) is 0 Å². The van der Waals surface area contributed by atoms with E-state index in [-0.39, 0.29) is 43.8 Å². The standard InChI is InChI=1S/4C12H15F3.C11H12F4.2C10H11F3.C10H12F2.3C5H10O.C3H9B/c4*1-8-5-9(11(2,3)4)7-10(6-8)12(13,14)15;1-10(2,3)7-5-4-6-8(9(7)12)11(13,14)15;1-10(2,3)9-7(12)4-6(11)5-8(9)13;1-10(2,3)6-4-7(11)9(13)8(12)5-6;1-10(2,3)9-7(11)5-4-6-8(9)12;3*1-6-4-2-3-5-6;1-4(2)3/h4*5-7H,1-4H3;4-6H,1-3H3;2*4-5H,1-3H3;4-6H,1-3H3;3*1-5H2;1-3H3. The number of hydrogen-bond acceptors (Lipinski definition) is 0. The molecule has 0 aliphatic carbocycles. The third-order valence-electron chi connectivity index (χ3n) is 19.9. The van der Waals surface area contributed by atoms with Crippen molar-refractivity contribution in [2.24, 2.45) is 0 Å². The number of halogens is 24. The zero-order valence-corrected chi connectivity index (χ0v) is 84.7. The van der Waals surface area contributed by atoms with Crippen molar-refractivity contribution in [3.8, 4) is 0 Å². The fraction of sp³-hybridized carbons (Fsp3) is 0.523. The van der Waals surface area contributed by atoms with Gasteiger partial charge in [-0.3, -0.25) is 0 Å². The van der Waals surface area contributed by atoms with Crippen LogP contribution < -0.4 is 0 Å². The van der Waals surface area contributed by atoms with Crippen LogP contribution in [0, 0.1) is 101 Å². The molecule has 3 heterocycles. The molecular formula is C107H145BF24O3. The van der Waals surface area contributed by atoms with Gasteiger partial charge in [-0.2, -0.15) is 65.9 Å². The van der Waals surface area contributed by atoms with Gasteiger partial charge in [0.25, 0.3) is 0 Å². The topological polar surface area (TPSA) is 8.10 Å². The normalized spacial score (nSPS) is 14.1. The lowest BCUT2D eigenvalue weighted by atomic mass is 9.58. The van der Waals surface area contributed by atoms with Crippen LogP contribution >= 0.6 is 0 Å². The molecule has 3 nitrogen and oxygen atoms in total. The summed E-state index contributed by atoms with van der Waals surface area (Å²) in [5.74, 6) is -8.33. The Kier molecular flexibility index (Phi) is 49.2. The molecule has 0 N–H and O–H groups in total. The average molecular weight is 1950 g/mol. The summed E-state index contributed by atoms with van der Waals surface area (Å²) in [6.45, 7) is 64.5. The highest BCUT2D eigenvalue weighted by atomic mass is 19.4. The molecule has 0 saturated carbocycles. The Labute approximate surface area is 790 Å². The SMILES string of the molecule is CB(C)C.CC(C)(C)c1c(F)cc(F)cc1F.CC(C)(C)c1c(F)cccc1F.CC(C)(C)c1cc(F)c(F)c(F)c1.CC(C)(C)c1cccc(C(F)(F)F)c1F.Cc1cc(C(C)(C)C)cc(C(F)(F)F)c1.Cc1cc(C(C)(C)C)cc(C(F)(F)F)c1.Cc1cc(C(C)(C)C)cc(C(F)(F)F)c1.Cc1cc(C(C)(C)C)cc(C(F)(F)F)c1.[CH2-][O+]1CCCC1.[CH2-][O+]1CCCC1.[CH2-][O+]1CCCC1. The molecule has 3 fully saturated rings. The largest absolute Gasteiger partial charge is 0.570 e. The van der Waals surface area contributed by atoms with Gasteiger partial charge in [0.05, 0.1) is 27.8 Å². The summed E-state index contributed by atoms with van der Waals surface area (Å²) in [5.41, 5.74) is -0.549. The highest BCUT2D eigenvalue weighted by Gasteiger charge is 2.39. The molecule has 0 atom stereocenters. The van der Waals surface area contributed by atoms with E-state index >= 15 is 0 Å². The van der Waals surface area contributed by atoms with E-state index in [0.717, 1.165) is 86.8 Å². The lowest BCUT2D eigenvalue weighted by molar-refractivity contribution is -0.140. The first-order valence-corrected chi connectivity index (χ1v) is 44.3. The van der Waals surface area contributed by atoms with Crippen LogP contribution in [0.3, 0.4) is 0 Å². The van der Waals surface area contributed by atoms with Crippen molar-refractivity contribution in [2.75, 3.05) is 39.6 Å². The minimum Gasteiger partial charge on any atom is -0.570 e. The van der Waals surface area contributed by atoms with Gasteiger partial charge in [-0.05, 0) is 183 Å². The summed E-state index contributed by atoms with van der Waals surface area (Å²) >= 11 is 0. The van der Waals surface area contributed by atoms with Crippen LogP contribution in [0.25, 0.3) is 0 Å². The summed E-state index contributed by atoms with van der Waals surface area (Å²) in [5, 5.41) is 0. The van der Waals surface area contributed by atoms with Crippen molar-refractivity contribution >= 4 is 6.71 Å². The van der Waals surface area contributed by atoms with Crippen LogP contribution in [-0.4, -0.2) is 46.4 Å². The van der Waals surface area contributed by atoms with Crippen molar-refractivity contribution in [2.45, 2.75) is 327 Å². The van der Waals surface area contributed by atoms with Crippen LogP contribution in [-0.2, 0) is 87.3 Å². The van der Waals surface area contributed by atoms with E-state index in [0.29, 0.717) is 39.9 Å². The number of aryl methyl sites for hydroxylation is 4. The van der Waals surface area contributed by atoms with Crippen LogP contribution in [0.2, 0.25) is 20.5 Å². The molecule has 28 heteroatoms. The monoisotopic (exact) mass is 1950 g/mol. The number of rotatable bonds is 0. The van der Waals surface area contributed by atoms with Gasteiger partial charge in [0.15, 0.2) is 17.5 Å². The maximum absolute atomic E-state index is 13.5. The van der Waals surface area contributed by atoms with Crippen molar-refractivity contribution in [1.82, 2.24) is 0 Å². The minimum absolute atomic E-state index is 0.0751. The van der Waals surface area contributed by atoms with Gasteiger partial charge in [0, 0.05) is 61.8 Å². The molecule has 8 aromatic carbocycles.